The number of amides is 1. The minimum Gasteiger partial charge on any atom is -0.354 e. The molecule has 1 amide bonds. The average molecular weight is 457 g/mol. The van der Waals surface area contributed by atoms with Crippen molar-refractivity contribution in [3.8, 4) is 0 Å². The van der Waals surface area contributed by atoms with Crippen LogP contribution in [0.5, 0.6) is 0 Å². The van der Waals surface area contributed by atoms with Crippen LogP contribution in [0.25, 0.3) is 22.1 Å². The van der Waals surface area contributed by atoms with Gasteiger partial charge in [-0.3, -0.25) is 19.5 Å². The number of carbonyl (C=O) groups is 1. The standard InChI is InChI=1S/C26H28N6O2/c1-15-12-29-32-23-8-6-18(11-22(23)30-26(34)24(15)32)17(3)31-10-9-20(16(2)14-31)19-5-7-21(28-13-19)25(33)27-4/h5-9,11-13,16-17H,10,14H2,1-4H3,(H,27,33)(H,30,34). The predicted molar refractivity (Wildman–Crippen MR) is 133 cm³/mol. The van der Waals surface area contributed by atoms with E-state index in [0.717, 1.165) is 40.8 Å². The maximum atomic E-state index is 12.6. The van der Waals surface area contributed by atoms with Crippen molar-refractivity contribution in [2.24, 2.45) is 5.92 Å². The fourth-order valence-electron chi connectivity index (χ4n) is 4.87. The van der Waals surface area contributed by atoms with E-state index in [4.69, 9.17) is 0 Å². The van der Waals surface area contributed by atoms with Crippen LogP contribution in [0.15, 0.2) is 53.6 Å². The zero-order valence-corrected chi connectivity index (χ0v) is 19.8. The first-order valence-corrected chi connectivity index (χ1v) is 11.5. The van der Waals surface area contributed by atoms with E-state index in [9.17, 15) is 9.59 Å². The summed E-state index contributed by atoms with van der Waals surface area (Å²) in [6.07, 6.45) is 5.75. The summed E-state index contributed by atoms with van der Waals surface area (Å²) in [6.45, 7) is 8.01. The summed E-state index contributed by atoms with van der Waals surface area (Å²) < 4.78 is 1.72. The van der Waals surface area contributed by atoms with Gasteiger partial charge in [-0.25, -0.2) is 4.52 Å². The number of hydrogen-bond acceptors (Lipinski definition) is 5. The van der Waals surface area contributed by atoms with E-state index in [1.54, 1.807) is 30.0 Å². The highest BCUT2D eigenvalue weighted by molar-refractivity contribution is 5.92. The lowest BCUT2D eigenvalue weighted by Crippen LogP contribution is -2.35. The number of H-pyrrole nitrogens is 1. The van der Waals surface area contributed by atoms with Gasteiger partial charge in [-0.05, 0) is 54.7 Å². The van der Waals surface area contributed by atoms with E-state index in [2.05, 4.69) is 57.3 Å². The molecule has 0 spiro atoms. The van der Waals surface area contributed by atoms with Crippen molar-refractivity contribution in [3.63, 3.8) is 0 Å². The smallest absolute Gasteiger partial charge is 0.274 e. The fourth-order valence-corrected chi connectivity index (χ4v) is 4.87. The second-order valence-corrected chi connectivity index (χ2v) is 9.02. The normalized spacial score (nSPS) is 17.6. The molecule has 174 valence electrons. The molecule has 0 radical (unpaired) electrons. The molecule has 0 bridgehead atoms. The number of benzene rings is 1. The Kier molecular flexibility index (Phi) is 5.53. The summed E-state index contributed by atoms with van der Waals surface area (Å²) in [4.78, 5) is 34.1. The number of carbonyl (C=O) groups excluding carboxylic acids is 1. The van der Waals surface area contributed by atoms with E-state index in [1.165, 1.54) is 5.57 Å². The van der Waals surface area contributed by atoms with E-state index in [1.807, 2.05) is 19.1 Å². The van der Waals surface area contributed by atoms with Gasteiger partial charge in [-0.1, -0.05) is 25.1 Å². The highest BCUT2D eigenvalue weighted by Gasteiger charge is 2.25. The number of aromatic nitrogens is 4. The molecule has 1 aliphatic heterocycles. The van der Waals surface area contributed by atoms with Crippen molar-refractivity contribution in [2.45, 2.75) is 26.8 Å². The number of nitrogens with zero attached hydrogens (tertiary/aromatic N) is 4. The maximum absolute atomic E-state index is 12.6. The Morgan fingerprint density at radius 1 is 1.24 bits per heavy atom. The third kappa shape index (κ3) is 3.70. The number of nitrogens with one attached hydrogen (secondary N) is 2. The molecule has 0 aliphatic carbocycles. The van der Waals surface area contributed by atoms with Gasteiger partial charge in [0.15, 0.2) is 0 Å². The van der Waals surface area contributed by atoms with Gasteiger partial charge >= 0.3 is 0 Å². The summed E-state index contributed by atoms with van der Waals surface area (Å²) >= 11 is 0. The van der Waals surface area contributed by atoms with Crippen molar-refractivity contribution in [2.75, 3.05) is 20.1 Å². The number of aromatic amines is 1. The van der Waals surface area contributed by atoms with Crippen LogP contribution < -0.4 is 10.9 Å². The largest absolute Gasteiger partial charge is 0.354 e. The lowest BCUT2D eigenvalue weighted by atomic mass is 9.90. The molecule has 0 fully saturated rings. The highest BCUT2D eigenvalue weighted by atomic mass is 16.1. The van der Waals surface area contributed by atoms with Crippen LogP contribution in [0.4, 0.5) is 0 Å². The van der Waals surface area contributed by atoms with Gasteiger partial charge in [-0.15, -0.1) is 0 Å². The zero-order valence-electron chi connectivity index (χ0n) is 19.8. The second-order valence-electron chi connectivity index (χ2n) is 9.02. The number of rotatable bonds is 4. The zero-order chi connectivity index (χ0) is 24.0. The minimum atomic E-state index is -0.183. The molecule has 3 aromatic heterocycles. The number of aryl methyl sites for hydroxylation is 1. The Morgan fingerprint density at radius 3 is 2.76 bits per heavy atom. The maximum Gasteiger partial charge on any atom is 0.274 e. The van der Waals surface area contributed by atoms with Crippen LogP contribution in [0, 0.1) is 12.8 Å². The van der Waals surface area contributed by atoms with Gasteiger partial charge in [0.1, 0.15) is 11.2 Å². The summed E-state index contributed by atoms with van der Waals surface area (Å²) in [6, 6.07) is 10.1. The molecule has 8 heteroatoms. The van der Waals surface area contributed by atoms with Crippen molar-refractivity contribution in [1.82, 2.24) is 29.8 Å². The Bertz CT molecular complexity index is 1480. The molecule has 0 saturated carbocycles. The minimum absolute atomic E-state index is 0.123. The van der Waals surface area contributed by atoms with Crippen LogP contribution in [-0.4, -0.2) is 50.5 Å². The SMILES string of the molecule is CNC(=O)c1ccc(C2=CCN(C(C)c3ccc4c(c3)[nH]c(=O)c3c(C)cnn34)CC2C)cn1. The summed E-state index contributed by atoms with van der Waals surface area (Å²) in [7, 11) is 1.60. The van der Waals surface area contributed by atoms with Crippen LogP contribution in [-0.2, 0) is 0 Å². The molecule has 4 heterocycles. The van der Waals surface area contributed by atoms with E-state index < -0.39 is 0 Å². The van der Waals surface area contributed by atoms with Crippen molar-refractivity contribution >= 4 is 28.0 Å². The lowest BCUT2D eigenvalue weighted by Gasteiger charge is -2.35. The van der Waals surface area contributed by atoms with Gasteiger partial charge in [0.05, 0.1) is 17.2 Å². The molecular formula is C26H28N6O2. The molecule has 2 unspecified atom stereocenters. The van der Waals surface area contributed by atoms with Crippen LogP contribution in [0.2, 0.25) is 0 Å². The fraction of sp³-hybridized carbons (Fsp3) is 0.308. The number of hydrogen-bond donors (Lipinski definition) is 2. The Labute approximate surface area is 197 Å². The quantitative estimate of drug-likeness (QED) is 0.491. The van der Waals surface area contributed by atoms with Gasteiger partial charge in [0.25, 0.3) is 11.5 Å². The monoisotopic (exact) mass is 456 g/mol. The lowest BCUT2D eigenvalue weighted by molar-refractivity contribution is 0.0958. The molecule has 8 nitrogen and oxygen atoms in total. The van der Waals surface area contributed by atoms with Gasteiger partial charge in [0, 0.05) is 37.9 Å². The van der Waals surface area contributed by atoms with Crippen molar-refractivity contribution < 1.29 is 4.79 Å². The van der Waals surface area contributed by atoms with E-state index >= 15 is 0 Å². The van der Waals surface area contributed by atoms with Gasteiger partial charge < -0.3 is 10.3 Å². The molecule has 4 aromatic rings. The first-order valence-electron chi connectivity index (χ1n) is 11.5. The summed E-state index contributed by atoms with van der Waals surface area (Å²) in [5.74, 6) is 0.133. The van der Waals surface area contributed by atoms with Crippen molar-refractivity contribution in [3.05, 3.63) is 81.5 Å². The van der Waals surface area contributed by atoms with Crippen molar-refractivity contribution in [1.29, 1.82) is 0 Å². The second kappa shape index (κ2) is 8.53. The highest BCUT2D eigenvalue weighted by Crippen LogP contribution is 2.32. The Balaban J connectivity index is 1.39. The molecule has 2 N–H and O–H groups in total. The van der Waals surface area contributed by atoms with Crippen LogP contribution in [0.1, 0.15) is 47.1 Å². The molecular weight excluding hydrogens is 428 g/mol. The predicted octanol–water partition coefficient (Wildman–Crippen LogP) is 3.34. The summed E-state index contributed by atoms with van der Waals surface area (Å²) in [5, 5.41) is 6.99. The number of fused-ring (bicyclic) bond motifs is 3. The van der Waals surface area contributed by atoms with Crippen LogP contribution >= 0.6 is 0 Å². The third-order valence-corrected chi connectivity index (χ3v) is 6.84. The van der Waals surface area contributed by atoms with E-state index in [0.29, 0.717) is 17.1 Å². The average Bonchev–Trinajstić information content (AvgIpc) is 3.25. The summed E-state index contributed by atoms with van der Waals surface area (Å²) in [5.41, 5.74) is 6.87. The van der Waals surface area contributed by atoms with Gasteiger partial charge in [-0.2, -0.15) is 5.10 Å². The third-order valence-electron chi connectivity index (χ3n) is 6.84. The molecule has 2 atom stereocenters. The van der Waals surface area contributed by atoms with Crippen LogP contribution in [0.3, 0.4) is 0 Å². The molecule has 0 saturated heterocycles. The topological polar surface area (TPSA) is 95.4 Å². The first kappa shape index (κ1) is 22.0. The Hall–Kier alpha value is -3.78. The molecule has 5 rings (SSSR count). The first-order chi connectivity index (χ1) is 16.4. The molecule has 34 heavy (non-hydrogen) atoms. The van der Waals surface area contributed by atoms with E-state index in [-0.39, 0.29) is 17.5 Å². The molecule has 1 aromatic carbocycles. The number of pyridine rings is 1. The van der Waals surface area contributed by atoms with Gasteiger partial charge in [0.2, 0.25) is 0 Å². The Morgan fingerprint density at radius 2 is 2.06 bits per heavy atom. The molecule has 1 aliphatic rings.